The van der Waals surface area contributed by atoms with Crippen LogP contribution in [0.4, 0.5) is 5.69 Å². The van der Waals surface area contributed by atoms with Crippen LogP contribution in [0.1, 0.15) is 36.5 Å². The number of nitrogens with zero attached hydrogens (tertiary/aromatic N) is 1. The normalized spacial score (nSPS) is 21.9. The van der Waals surface area contributed by atoms with Gasteiger partial charge in [0.25, 0.3) is 0 Å². The zero-order chi connectivity index (χ0) is 12.5. The van der Waals surface area contributed by atoms with Crippen molar-refractivity contribution in [3.05, 3.63) is 47.7 Å². The van der Waals surface area contributed by atoms with Crippen LogP contribution in [0.5, 0.6) is 0 Å². The third kappa shape index (κ3) is 2.40. The third-order valence-corrected chi connectivity index (χ3v) is 3.54. The molecule has 3 heteroatoms. The van der Waals surface area contributed by atoms with Gasteiger partial charge in [-0.1, -0.05) is 6.92 Å². The number of hydrogen-bond acceptors (Lipinski definition) is 3. The van der Waals surface area contributed by atoms with Crippen LogP contribution >= 0.6 is 0 Å². The molecule has 3 nitrogen and oxygen atoms in total. The first-order valence-electron chi connectivity index (χ1n) is 6.47. The molecule has 0 radical (unpaired) electrons. The molecule has 1 N–H and O–H groups in total. The summed E-state index contributed by atoms with van der Waals surface area (Å²) in [4.78, 5) is 4.25. The van der Waals surface area contributed by atoms with Gasteiger partial charge in [-0.2, -0.15) is 0 Å². The molecule has 94 valence electrons. The second kappa shape index (κ2) is 4.48. The summed E-state index contributed by atoms with van der Waals surface area (Å²) in [6, 6.07) is 8.21. The van der Waals surface area contributed by atoms with Gasteiger partial charge in [0.05, 0.1) is 18.4 Å². The van der Waals surface area contributed by atoms with Crippen molar-refractivity contribution in [2.24, 2.45) is 5.92 Å². The van der Waals surface area contributed by atoms with E-state index < -0.39 is 0 Å². The van der Waals surface area contributed by atoms with E-state index in [1.807, 2.05) is 25.3 Å². The average molecular weight is 242 g/mol. The molecule has 1 aliphatic rings. The number of rotatable bonds is 4. The fraction of sp³-hybridized carbons (Fsp3) is 0.400. The quantitative estimate of drug-likeness (QED) is 0.888. The molecule has 1 aliphatic carbocycles. The lowest BCUT2D eigenvalue weighted by Crippen LogP contribution is -1.98. The van der Waals surface area contributed by atoms with Crippen molar-refractivity contribution >= 4 is 5.69 Å². The lowest BCUT2D eigenvalue weighted by molar-refractivity contribution is 0.468. The highest BCUT2D eigenvalue weighted by Gasteiger charge is 2.36. The van der Waals surface area contributed by atoms with E-state index in [-0.39, 0.29) is 0 Å². The first-order valence-corrected chi connectivity index (χ1v) is 6.47. The summed E-state index contributed by atoms with van der Waals surface area (Å²) in [5.74, 6) is 3.57. The lowest BCUT2D eigenvalue weighted by atomic mass is 10.3. The second-order valence-electron chi connectivity index (χ2n) is 5.17. The molecule has 0 spiro atoms. The molecule has 0 aromatic carbocycles. The van der Waals surface area contributed by atoms with Crippen LogP contribution in [0.2, 0.25) is 0 Å². The van der Waals surface area contributed by atoms with E-state index in [0.717, 1.165) is 28.8 Å². The Bertz CT molecular complexity index is 530. The largest absolute Gasteiger partial charge is 0.464 e. The zero-order valence-corrected chi connectivity index (χ0v) is 10.8. The number of aromatic nitrogens is 1. The maximum Gasteiger partial charge on any atom is 0.123 e. The number of aryl methyl sites for hydroxylation is 1. The van der Waals surface area contributed by atoms with Crippen LogP contribution in [-0.2, 0) is 6.54 Å². The molecule has 1 fully saturated rings. The molecule has 2 aromatic rings. The van der Waals surface area contributed by atoms with Crippen LogP contribution in [0.3, 0.4) is 0 Å². The molecule has 0 aliphatic heterocycles. The highest BCUT2D eigenvalue weighted by Crippen LogP contribution is 2.47. The Morgan fingerprint density at radius 2 is 2.17 bits per heavy atom. The predicted octanol–water partition coefficient (Wildman–Crippen LogP) is 3.72. The van der Waals surface area contributed by atoms with Crippen LogP contribution in [0.15, 0.2) is 34.9 Å². The number of pyridine rings is 1. The highest BCUT2D eigenvalue weighted by atomic mass is 16.3. The molecule has 2 aromatic heterocycles. The molecule has 0 saturated heterocycles. The van der Waals surface area contributed by atoms with Crippen molar-refractivity contribution in [2.45, 2.75) is 32.7 Å². The van der Waals surface area contributed by atoms with Gasteiger partial charge in [-0.05, 0) is 43.5 Å². The van der Waals surface area contributed by atoms with E-state index in [1.54, 1.807) is 0 Å². The fourth-order valence-electron chi connectivity index (χ4n) is 2.17. The van der Waals surface area contributed by atoms with E-state index >= 15 is 0 Å². The predicted molar refractivity (Wildman–Crippen MR) is 71.5 cm³/mol. The van der Waals surface area contributed by atoms with Crippen LogP contribution < -0.4 is 5.32 Å². The third-order valence-electron chi connectivity index (χ3n) is 3.54. The molecule has 0 amide bonds. The Morgan fingerprint density at radius 1 is 1.33 bits per heavy atom. The molecule has 18 heavy (non-hydrogen) atoms. The van der Waals surface area contributed by atoms with E-state index in [9.17, 15) is 0 Å². The standard InChI is InChI=1S/C15H18N2O/c1-10-7-14(10)15-6-5-13(18-15)9-17-12-4-3-11(2)16-8-12/h3-6,8,10,14,17H,7,9H2,1-2H3. The summed E-state index contributed by atoms with van der Waals surface area (Å²) in [7, 11) is 0. The van der Waals surface area contributed by atoms with E-state index in [0.29, 0.717) is 12.5 Å². The summed E-state index contributed by atoms with van der Waals surface area (Å²) in [5.41, 5.74) is 2.06. The minimum absolute atomic E-state index is 0.653. The van der Waals surface area contributed by atoms with Gasteiger partial charge in [0.1, 0.15) is 11.5 Å². The minimum Gasteiger partial charge on any atom is -0.464 e. The van der Waals surface area contributed by atoms with Crippen molar-refractivity contribution in [1.29, 1.82) is 0 Å². The fourth-order valence-corrected chi connectivity index (χ4v) is 2.17. The van der Waals surface area contributed by atoms with Crippen LogP contribution in [0.25, 0.3) is 0 Å². The van der Waals surface area contributed by atoms with Crippen molar-refractivity contribution in [2.75, 3.05) is 5.32 Å². The van der Waals surface area contributed by atoms with Crippen molar-refractivity contribution in [3.8, 4) is 0 Å². The van der Waals surface area contributed by atoms with Gasteiger partial charge in [-0.15, -0.1) is 0 Å². The first kappa shape index (κ1) is 11.3. The second-order valence-corrected chi connectivity index (χ2v) is 5.17. The number of furan rings is 1. The molecule has 2 atom stereocenters. The smallest absolute Gasteiger partial charge is 0.123 e. The number of anilines is 1. The van der Waals surface area contributed by atoms with Gasteiger partial charge in [-0.25, -0.2) is 0 Å². The van der Waals surface area contributed by atoms with E-state index in [4.69, 9.17) is 4.42 Å². The minimum atomic E-state index is 0.653. The summed E-state index contributed by atoms with van der Waals surface area (Å²) < 4.78 is 5.84. The van der Waals surface area contributed by atoms with Gasteiger partial charge in [0.15, 0.2) is 0 Å². The Labute approximate surface area is 107 Å². The van der Waals surface area contributed by atoms with Crippen LogP contribution in [-0.4, -0.2) is 4.98 Å². The topological polar surface area (TPSA) is 38.1 Å². The summed E-state index contributed by atoms with van der Waals surface area (Å²) in [5, 5.41) is 3.32. The monoisotopic (exact) mass is 242 g/mol. The molecule has 0 bridgehead atoms. The summed E-state index contributed by atoms with van der Waals surface area (Å²) >= 11 is 0. The summed E-state index contributed by atoms with van der Waals surface area (Å²) in [6.45, 7) is 4.97. The Morgan fingerprint density at radius 3 is 2.83 bits per heavy atom. The maximum absolute atomic E-state index is 5.84. The lowest BCUT2D eigenvalue weighted by Gasteiger charge is -2.03. The van der Waals surface area contributed by atoms with E-state index in [2.05, 4.69) is 29.4 Å². The van der Waals surface area contributed by atoms with Crippen molar-refractivity contribution in [1.82, 2.24) is 4.98 Å². The Kier molecular flexibility index (Phi) is 2.82. The number of nitrogens with one attached hydrogen (secondary N) is 1. The van der Waals surface area contributed by atoms with E-state index in [1.165, 1.54) is 6.42 Å². The van der Waals surface area contributed by atoms with Crippen molar-refractivity contribution in [3.63, 3.8) is 0 Å². The van der Waals surface area contributed by atoms with Crippen molar-refractivity contribution < 1.29 is 4.42 Å². The molecule has 2 unspecified atom stereocenters. The van der Waals surface area contributed by atoms with Gasteiger partial charge in [0, 0.05) is 11.6 Å². The van der Waals surface area contributed by atoms with Gasteiger partial charge >= 0.3 is 0 Å². The molecule has 1 saturated carbocycles. The Balaban J connectivity index is 1.59. The van der Waals surface area contributed by atoms with Gasteiger partial charge < -0.3 is 9.73 Å². The molecule has 3 rings (SSSR count). The molecule has 2 heterocycles. The first-order chi connectivity index (χ1) is 8.72. The zero-order valence-electron chi connectivity index (χ0n) is 10.8. The molecular weight excluding hydrogens is 224 g/mol. The Hall–Kier alpha value is -1.77. The van der Waals surface area contributed by atoms with Gasteiger partial charge in [0.2, 0.25) is 0 Å². The van der Waals surface area contributed by atoms with Crippen LogP contribution in [0, 0.1) is 12.8 Å². The highest BCUT2D eigenvalue weighted by molar-refractivity contribution is 5.41. The average Bonchev–Trinajstić information content (AvgIpc) is 2.92. The van der Waals surface area contributed by atoms with Gasteiger partial charge in [-0.3, -0.25) is 4.98 Å². The summed E-state index contributed by atoms with van der Waals surface area (Å²) in [6.07, 6.45) is 3.12. The maximum atomic E-state index is 5.84. The SMILES string of the molecule is Cc1ccc(NCc2ccc(C3CC3C)o2)cn1. The molecular formula is C15H18N2O. The number of hydrogen-bond donors (Lipinski definition) is 1.